The predicted molar refractivity (Wildman–Crippen MR) is 89.5 cm³/mol. The first-order valence-electron chi connectivity index (χ1n) is 7.76. The van der Waals surface area contributed by atoms with Crippen molar-refractivity contribution in [3.05, 3.63) is 24.3 Å². The number of ether oxygens (including phenoxy) is 2. The quantitative estimate of drug-likeness (QED) is 0.752. The summed E-state index contributed by atoms with van der Waals surface area (Å²) in [5, 5.41) is 6.05. The Hall–Kier alpha value is -1.75. The van der Waals surface area contributed by atoms with Gasteiger partial charge in [-0.2, -0.15) is 0 Å². The van der Waals surface area contributed by atoms with Gasteiger partial charge >= 0.3 is 6.09 Å². The zero-order valence-electron chi connectivity index (χ0n) is 14.2. The Morgan fingerprint density at radius 3 is 2.41 bits per heavy atom. The number of hydrogen-bond donors (Lipinski definition) is 2. The van der Waals surface area contributed by atoms with Crippen LogP contribution in [0.4, 0.5) is 10.5 Å². The second kappa shape index (κ2) is 8.63. The van der Waals surface area contributed by atoms with E-state index in [9.17, 15) is 4.79 Å². The van der Waals surface area contributed by atoms with Crippen LogP contribution < -0.4 is 15.4 Å². The first-order chi connectivity index (χ1) is 10.3. The van der Waals surface area contributed by atoms with Crippen molar-refractivity contribution < 1.29 is 14.3 Å². The molecular weight excluding hydrogens is 280 g/mol. The van der Waals surface area contributed by atoms with E-state index in [1.54, 1.807) is 12.1 Å². The summed E-state index contributed by atoms with van der Waals surface area (Å²) >= 11 is 0. The SMILES string of the molecule is CCC(C)NCCOc1ccc(NC(=O)OC(C)(C)C)cc1. The Morgan fingerprint density at radius 1 is 1.23 bits per heavy atom. The van der Waals surface area contributed by atoms with Crippen molar-refractivity contribution in [1.29, 1.82) is 0 Å². The molecule has 1 unspecified atom stereocenters. The van der Waals surface area contributed by atoms with Crippen LogP contribution in [-0.4, -0.2) is 30.9 Å². The number of carbonyl (C=O) groups excluding carboxylic acids is 1. The summed E-state index contributed by atoms with van der Waals surface area (Å²) in [6.45, 7) is 11.2. The van der Waals surface area contributed by atoms with Crippen LogP contribution in [-0.2, 0) is 4.74 Å². The van der Waals surface area contributed by atoms with E-state index in [-0.39, 0.29) is 0 Å². The molecule has 0 heterocycles. The summed E-state index contributed by atoms with van der Waals surface area (Å²) in [4.78, 5) is 11.6. The first-order valence-corrected chi connectivity index (χ1v) is 7.76. The van der Waals surface area contributed by atoms with Gasteiger partial charge in [0, 0.05) is 18.3 Å². The molecule has 0 aliphatic carbocycles. The third-order valence-corrected chi connectivity index (χ3v) is 2.98. The summed E-state index contributed by atoms with van der Waals surface area (Å²) in [6.07, 6.45) is 0.643. The minimum absolute atomic E-state index is 0.459. The molecular formula is C17H28N2O3. The normalized spacial score (nSPS) is 12.6. The van der Waals surface area contributed by atoms with E-state index in [1.807, 2.05) is 32.9 Å². The van der Waals surface area contributed by atoms with Crippen LogP contribution in [0.1, 0.15) is 41.0 Å². The van der Waals surface area contributed by atoms with E-state index in [4.69, 9.17) is 9.47 Å². The highest BCUT2D eigenvalue weighted by atomic mass is 16.6. The number of amides is 1. The fraction of sp³-hybridized carbons (Fsp3) is 0.588. The van der Waals surface area contributed by atoms with Crippen molar-refractivity contribution in [3.63, 3.8) is 0 Å². The highest BCUT2D eigenvalue weighted by Gasteiger charge is 2.16. The van der Waals surface area contributed by atoms with Crippen molar-refractivity contribution >= 4 is 11.8 Å². The Bertz CT molecular complexity index is 452. The largest absolute Gasteiger partial charge is 0.492 e. The molecule has 2 N–H and O–H groups in total. The van der Waals surface area contributed by atoms with E-state index >= 15 is 0 Å². The maximum Gasteiger partial charge on any atom is 0.412 e. The van der Waals surface area contributed by atoms with Gasteiger partial charge in [0.2, 0.25) is 0 Å². The molecule has 1 aromatic carbocycles. The monoisotopic (exact) mass is 308 g/mol. The highest BCUT2D eigenvalue weighted by molar-refractivity contribution is 5.84. The number of carbonyl (C=O) groups is 1. The molecule has 0 fully saturated rings. The summed E-state index contributed by atoms with van der Waals surface area (Å²) in [7, 11) is 0. The molecule has 5 nitrogen and oxygen atoms in total. The molecule has 0 radical (unpaired) electrons. The van der Waals surface area contributed by atoms with Crippen molar-refractivity contribution in [1.82, 2.24) is 5.32 Å². The molecule has 0 saturated carbocycles. The van der Waals surface area contributed by atoms with E-state index in [2.05, 4.69) is 24.5 Å². The van der Waals surface area contributed by atoms with Crippen LogP contribution in [0.3, 0.4) is 0 Å². The standard InChI is InChI=1S/C17H28N2O3/c1-6-13(2)18-11-12-21-15-9-7-14(8-10-15)19-16(20)22-17(3,4)5/h7-10,13,18H,6,11-12H2,1-5H3,(H,19,20). The van der Waals surface area contributed by atoms with Gasteiger partial charge in [0.25, 0.3) is 0 Å². The second-order valence-electron chi connectivity index (χ2n) is 6.26. The van der Waals surface area contributed by atoms with Gasteiger partial charge in [-0.05, 0) is 58.4 Å². The lowest BCUT2D eigenvalue weighted by Crippen LogP contribution is -2.29. The summed E-state index contributed by atoms with van der Waals surface area (Å²) in [5.41, 5.74) is 0.176. The third kappa shape index (κ3) is 7.88. The summed E-state index contributed by atoms with van der Waals surface area (Å²) in [5.74, 6) is 0.778. The first kappa shape index (κ1) is 18.3. The van der Waals surface area contributed by atoms with Gasteiger partial charge in [0.1, 0.15) is 18.0 Å². The zero-order valence-corrected chi connectivity index (χ0v) is 14.2. The van der Waals surface area contributed by atoms with Crippen LogP contribution in [0.5, 0.6) is 5.75 Å². The highest BCUT2D eigenvalue weighted by Crippen LogP contribution is 2.16. The van der Waals surface area contributed by atoms with Crippen molar-refractivity contribution in [2.75, 3.05) is 18.5 Å². The van der Waals surface area contributed by atoms with Gasteiger partial charge in [0.05, 0.1) is 0 Å². The van der Waals surface area contributed by atoms with Crippen LogP contribution in [0.2, 0.25) is 0 Å². The van der Waals surface area contributed by atoms with Crippen molar-refractivity contribution in [3.8, 4) is 5.75 Å². The summed E-state index contributed by atoms with van der Waals surface area (Å²) in [6, 6.07) is 7.75. The van der Waals surface area contributed by atoms with E-state index in [0.29, 0.717) is 18.3 Å². The van der Waals surface area contributed by atoms with Gasteiger partial charge in [-0.25, -0.2) is 4.79 Å². The average Bonchev–Trinajstić information content (AvgIpc) is 2.43. The molecule has 1 atom stereocenters. The number of benzene rings is 1. The van der Waals surface area contributed by atoms with Crippen molar-refractivity contribution in [2.24, 2.45) is 0 Å². The molecule has 124 valence electrons. The number of rotatable bonds is 7. The lowest BCUT2D eigenvalue weighted by molar-refractivity contribution is 0.0636. The van der Waals surface area contributed by atoms with E-state index < -0.39 is 11.7 Å². The molecule has 5 heteroatoms. The third-order valence-electron chi connectivity index (χ3n) is 2.98. The number of hydrogen-bond acceptors (Lipinski definition) is 4. The van der Waals surface area contributed by atoms with Crippen molar-refractivity contribution in [2.45, 2.75) is 52.7 Å². The van der Waals surface area contributed by atoms with Gasteiger partial charge in [-0.3, -0.25) is 5.32 Å². The van der Waals surface area contributed by atoms with Gasteiger partial charge in [0.15, 0.2) is 0 Å². The van der Waals surface area contributed by atoms with Gasteiger partial charge in [-0.1, -0.05) is 6.92 Å². The fourth-order valence-electron chi connectivity index (χ4n) is 1.67. The van der Waals surface area contributed by atoms with Crippen LogP contribution in [0.15, 0.2) is 24.3 Å². The lowest BCUT2D eigenvalue weighted by atomic mass is 10.2. The van der Waals surface area contributed by atoms with Gasteiger partial charge in [-0.15, -0.1) is 0 Å². The van der Waals surface area contributed by atoms with E-state index in [1.165, 1.54) is 0 Å². The molecule has 0 spiro atoms. The molecule has 0 bridgehead atoms. The van der Waals surface area contributed by atoms with Gasteiger partial charge < -0.3 is 14.8 Å². The molecule has 0 aliphatic heterocycles. The molecule has 1 rings (SSSR count). The molecule has 0 aliphatic rings. The number of anilines is 1. The molecule has 1 aromatic rings. The van der Waals surface area contributed by atoms with Crippen LogP contribution in [0, 0.1) is 0 Å². The second-order valence-corrected chi connectivity index (χ2v) is 6.26. The fourth-order valence-corrected chi connectivity index (χ4v) is 1.67. The topological polar surface area (TPSA) is 59.6 Å². The molecule has 0 saturated heterocycles. The predicted octanol–water partition coefficient (Wildman–Crippen LogP) is 3.80. The maximum absolute atomic E-state index is 11.6. The minimum Gasteiger partial charge on any atom is -0.492 e. The smallest absolute Gasteiger partial charge is 0.412 e. The lowest BCUT2D eigenvalue weighted by Gasteiger charge is -2.19. The maximum atomic E-state index is 11.6. The Balaban J connectivity index is 2.35. The molecule has 1 amide bonds. The van der Waals surface area contributed by atoms with Crippen LogP contribution in [0.25, 0.3) is 0 Å². The number of nitrogens with one attached hydrogen (secondary N) is 2. The Labute approximate surface area is 133 Å². The zero-order chi connectivity index (χ0) is 16.6. The van der Waals surface area contributed by atoms with E-state index in [0.717, 1.165) is 18.7 Å². The minimum atomic E-state index is -0.504. The molecule has 22 heavy (non-hydrogen) atoms. The summed E-state index contributed by atoms with van der Waals surface area (Å²) < 4.78 is 10.8. The average molecular weight is 308 g/mol. The Morgan fingerprint density at radius 2 is 1.86 bits per heavy atom. The van der Waals surface area contributed by atoms with Crippen LogP contribution >= 0.6 is 0 Å². The molecule has 0 aromatic heterocycles. The Kier molecular flexibility index (Phi) is 7.18.